The van der Waals surface area contributed by atoms with Crippen molar-refractivity contribution in [1.82, 2.24) is 9.78 Å². The highest BCUT2D eigenvalue weighted by molar-refractivity contribution is 5.41. The number of hydrogen-bond acceptors (Lipinski definition) is 3. The topological polar surface area (TPSA) is 53.1 Å². The Morgan fingerprint density at radius 1 is 1.29 bits per heavy atom. The van der Waals surface area contributed by atoms with Crippen LogP contribution < -0.4 is 10.5 Å². The van der Waals surface area contributed by atoms with Gasteiger partial charge in [0, 0.05) is 25.2 Å². The van der Waals surface area contributed by atoms with Crippen LogP contribution in [0.4, 0.5) is 0 Å². The van der Waals surface area contributed by atoms with Crippen LogP contribution in [0.15, 0.2) is 24.3 Å². The van der Waals surface area contributed by atoms with Crippen LogP contribution in [0.5, 0.6) is 5.75 Å². The number of rotatable bonds is 5. The van der Waals surface area contributed by atoms with Crippen LogP contribution >= 0.6 is 0 Å². The SMILES string of the molecule is COc1ccc(C(CN)c2cc(C(C)C)nn2C)c(C)c1. The maximum absolute atomic E-state index is 6.06. The lowest BCUT2D eigenvalue weighted by atomic mass is 9.91. The van der Waals surface area contributed by atoms with Gasteiger partial charge in [0.15, 0.2) is 0 Å². The van der Waals surface area contributed by atoms with Gasteiger partial charge in [-0.25, -0.2) is 0 Å². The van der Waals surface area contributed by atoms with E-state index in [2.05, 4.69) is 44.1 Å². The minimum atomic E-state index is 0.154. The van der Waals surface area contributed by atoms with Crippen molar-refractivity contribution in [1.29, 1.82) is 0 Å². The normalized spacial score (nSPS) is 12.7. The number of hydrogen-bond donors (Lipinski definition) is 1. The fraction of sp³-hybridized carbons (Fsp3) is 0.471. The number of ether oxygens (including phenoxy) is 1. The number of aromatic nitrogens is 2. The fourth-order valence-electron chi connectivity index (χ4n) is 2.69. The van der Waals surface area contributed by atoms with E-state index in [0.717, 1.165) is 17.1 Å². The standard InChI is InChI=1S/C17H25N3O/c1-11(2)16-9-17(20(4)19-16)15(10-18)14-7-6-13(21-5)8-12(14)3/h6-9,11,15H,10,18H2,1-5H3. The van der Waals surface area contributed by atoms with Crippen molar-refractivity contribution < 1.29 is 4.74 Å². The molecule has 4 nitrogen and oxygen atoms in total. The Labute approximate surface area is 126 Å². The lowest BCUT2D eigenvalue weighted by molar-refractivity contribution is 0.414. The second-order valence-electron chi connectivity index (χ2n) is 5.78. The second-order valence-corrected chi connectivity index (χ2v) is 5.78. The van der Waals surface area contributed by atoms with E-state index in [9.17, 15) is 0 Å². The van der Waals surface area contributed by atoms with E-state index < -0.39 is 0 Å². The van der Waals surface area contributed by atoms with Crippen molar-refractivity contribution in [2.24, 2.45) is 12.8 Å². The smallest absolute Gasteiger partial charge is 0.119 e. The molecule has 0 aliphatic rings. The lowest BCUT2D eigenvalue weighted by Gasteiger charge is -2.18. The van der Waals surface area contributed by atoms with Gasteiger partial charge in [-0.15, -0.1) is 0 Å². The molecule has 2 N–H and O–H groups in total. The molecule has 0 saturated heterocycles. The minimum absolute atomic E-state index is 0.154. The van der Waals surface area contributed by atoms with Gasteiger partial charge in [-0.05, 0) is 42.2 Å². The zero-order valence-electron chi connectivity index (χ0n) is 13.6. The first kappa shape index (κ1) is 15.6. The third kappa shape index (κ3) is 3.10. The fourth-order valence-corrected chi connectivity index (χ4v) is 2.69. The maximum Gasteiger partial charge on any atom is 0.119 e. The Hall–Kier alpha value is -1.81. The summed E-state index contributed by atoms with van der Waals surface area (Å²) in [6.45, 7) is 6.97. The molecule has 0 radical (unpaired) electrons. The van der Waals surface area contributed by atoms with E-state index in [1.54, 1.807) is 7.11 Å². The summed E-state index contributed by atoms with van der Waals surface area (Å²) in [5.41, 5.74) is 10.8. The highest BCUT2D eigenvalue weighted by Gasteiger charge is 2.20. The monoisotopic (exact) mass is 287 g/mol. The molecule has 0 fully saturated rings. The van der Waals surface area contributed by atoms with Crippen molar-refractivity contribution >= 4 is 0 Å². The van der Waals surface area contributed by atoms with E-state index in [-0.39, 0.29) is 5.92 Å². The highest BCUT2D eigenvalue weighted by Crippen LogP contribution is 2.30. The third-order valence-electron chi connectivity index (χ3n) is 3.97. The molecule has 1 aromatic carbocycles. The molecule has 0 aliphatic carbocycles. The third-order valence-corrected chi connectivity index (χ3v) is 3.97. The van der Waals surface area contributed by atoms with E-state index in [0.29, 0.717) is 12.5 Å². The maximum atomic E-state index is 6.06. The number of aryl methyl sites for hydroxylation is 2. The van der Waals surface area contributed by atoms with Crippen molar-refractivity contribution in [3.05, 3.63) is 46.8 Å². The summed E-state index contributed by atoms with van der Waals surface area (Å²) in [6.07, 6.45) is 0. The molecule has 1 aromatic heterocycles. The zero-order valence-corrected chi connectivity index (χ0v) is 13.6. The first-order valence-electron chi connectivity index (χ1n) is 7.36. The van der Waals surface area contributed by atoms with Gasteiger partial charge in [0.1, 0.15) is 5.75 Å². The van der Waals surface area contributed by atoms with Crippen molar-refractivity contribution in [3.63, 3.8) is 0 Å². The molecule has 0 saturated carbocycles. The number of methoxy groups -OCH3 is 1. The van der Waals surface area contributed by atoms with Crippen LogP contribution in [0.1, 0.15) is 48.2 Å². The van der Waals surface area contributed by atoms with Crippen molar-refractivity contribution in [2.75, 3.05) is 13.7 Å². The van der Waals surface area contributed by atoms with Gasteiger partial charge in [-0.1, -0.05) is 19.9 Å². The molecular formula is C17H25N3O. The summed E-state index contributed by atoms with van der Waals surface area (Å²) in [5, 5.41) is 4.60. The van der Waals surface area contributed by atoms with Crippen LogP contribution in [-0.2, 0) is 7.05 Å². The van der Waals surface area contributed by atoms with E-state index in [1.807, 2.05) is 17.8 Å². The molecule has 1 atom stereocenters. The molecule has 0 amide bonds. The van der Waals surface area contributed by atoms with Crippen molar-refractivity contribution in [3.8, 4) is 5.75 Å². The molecular weight excluding hydrogens is 262 g/mol. The minimum Gasteiger partial charge on any atom is -0.497 e. The highest BCUT2D eigenvalue weighted by atomic mass is 16.5. The second kappa shape index (κ2) is 6.31. The van der Waals surface area contributed by atoms with Gasteiger partial charge < -0.3 is 10.5 Å². The zero-order chi connectivity index (χ0) is 15.6. The van der Waals surface area contributed by atoms with Crippen LogP contribution in [0.25, 0.3) is 0 Å². The van der Waals surface area contributed by atoms with E-state index in [1.165, 1.54) is 11.1 Å². The van der Waals surface area contributed by atoms with Crippen molar-refractivity contribution in [2.45, 2.75) is 32.6 Å². The van der Waals surface area contributed by atoms with Gasteiger partial charge in [0.05, 0.1) is 12.8 Å². The van der Waals surface area contributed by atoms with Crippen LogP contribution in [-0.4, -0.2) is 23.4 Å². The molecule has 1 heterocycles. The number of nitrogens with two attached hydrogens (primary N) is 1. The molecule has 1 unspecified atom stereocenters. The van der Waals surface area contributed by atoms with Gasteiger partial charge >= 0.3 is 0 Å². The van der Waals surface area contributed by atoms with Gasteiger partial charge in [0.2, 0.25) is 0 Å². The summed E-state index contributed by atoms with van der Waals surface area (Å²) in [4.78, 5) is 0. The Kier molecular flexibility index (Phi) is 4.68. The predicted octanol–water partition coefficient (Wildman–Crippen LogP) is 2.95. The van der Waals surface area contributed by atoms with Crippen LogP contribution in [0.3, 0.4) is 0 Å². The largest absolute Gasteiger partial charge is 0.497 e. The van der Waals surface area contributed by atoms with Crippen LogP contribution in [0.2, 0.25) is 0 Å². The summed E-state index contributed by atoms with van der Waals surface area (Å²) < 4.78 is 7.23. The Morgan fingerprint density at radius 3 is 2.48 bits per heavy atom. The molecule has 21 heavy (non-hydrogen) atoms. The first-order valence-corrected chi connectivity index (χ1v) is 7.36. The summed E-state index contributed by atoms with van der Waals surface area (Å²) >= 11 is 0. The predicted molar refractivity (Wildman–Crippen MR) is 85.9 cm³/mol. The molecule has 0 aliphatic heterocycles. The summed E-state index contributed by atoms with van der Waals surface area (Å²) in [7, 11) is 3.67. The van der Waals surface area contributed by atoms with Crippen LogP contribution in [0, 0.1) is 6.92 Å². The van der Waals surface area contributed by atoms with Gasteiger partial charge in [0.25, 0.3) is 0 Å². The average molecular weight is 287 g/mol. The Bertz CT molecular complexity index is 616. The van der Waals surface area contributed by atoms with E-state index >= 15 is 0 Å². The summed E-state index contributed by atoms with van der Waals surface area (Å²) in [6, 6.07) is 8.32. The molecule has 2 aromatic rings. The Balaban J connectivity index is 2.44. The quantitative estimate of drug-likeness (QED) is 0.920. The Morgan fingerprint density at radius 2 is 2.00 bits per heavy atom. The molecule has 0 bridgehead atoms. The number of nitrogens with zero attached hydrogens (tertiary/aromatic N) is 2. The number of benzene rings is 1. The molecule has 0 spiro atoms. The molecule has 114 valence electrons. The molecule has 2 rings (SSSR count). The molecule has 4 heteroatoms. The van der Waals surface area contributed by atoms with Gasteiger partial charge in [-0.3, -0.25) is 4.68 Å². The lowest BCUT2D eigenvalue weighted by Crippen LogP contribution is -2.18. The average Bonchev–Trinajstić information content (AvgIpc) is 2.84. The summed E-state index contributed by atoms with van der Waals surface area (Å²) in [5.74, 6) is 1.45. The first-order chi connectivity index (χ1) is 9.97. The van der Waals surface area contributed by atoms with E-state index in [4.69, 9.17) is 10.5 Å². The van der Waals surface area contributed by atoms with Gasteiger partial charge in [-0.2, -0.15) is 5.10 Å².